The molecule has 10 heteroatoms. The van der Waals surface area contributed by atoms with E-state index in [4.69, 9.17) is 19.4 Å². The first-order chi connectivity index (χ1) is 16.5. The molecule has 1 aromatic carbocycles. The Balaban J connectivity index is 1.60. The summed E-state index contributed by atoms with van der Waals surface area (Å²) in [7, 11) is 0. The van der Waals surface area contributed by atoms with Gasteiger partial charge in [-0.05, 0) is 31.9 Å². The van der Waals surface area contributed by atoms with Gasteiger partial charge in [-0.2, -0.15) is 0 Å². The molecule has 3 aliphatic rings. The predicted octanol–water partition coefficient (Wildman–Crippen LogP) is 3.66. The number of nitro benzene ring substituents is 1. The number of aromatic nitrogens is 2. The van der Waals surface area contributed by atoms with Crippen LogP contribution >= 0.6 is 0 Å². The lowest BCUT2D eigenvalue weighted by Crippen LogP contribution is -2.47. The summed E-state index contributed by atoms with van der Waals surface area (Å²) >= 11 is 0. The van der Waals surface area contributed by atoms with E-state index < -0.39 is 4.92 Å². The van der Waals surface area contributed by atoms with Gasteiger partial charge in [0.25, 0.3) is 5.69 Å². The molecule has 1 amide bonds. The highest BCUT2D eigenvalue weighted by Crippen LogP contribution is 2.47. The normalized spacial score (nSPS) is 23.4. The van der Waals surface area contributed by atoms with Crippen LogP contribution in [0.15, 0.2) is 36.9 Å². The van der Waals surface area contributed by atoms with E-state index in [1.807, 2.05) is 4.90 Å². The molecule has 0 N–H and O–H groups in total. The van der Waals surface area contributed by atoms with Crippen LogP contribution in [-0.2, 0) is 15.9 Å². The van der Waals surface area contributed by atoms with Gasteiger partial charge in [-0.25, -0.2) is 14.8 Å². The van der Waals surface area contributed by atoms with Crippen LogP contribution in [0.25, 0.3) is 11.4 Å². The number of rotatable bonds is 5. The van der Waals surface area contributed by atoms with E-state index in [-0.39, 0.29) is 36.5 Å². The van der Waals surface area contributed by atoms with Gasteiger partial charge in [0.2, 0.25) is 0 Å². The van der Waals surface area contributed by atoms with E-state index in [9.17, 15) is 14.9 Å². The Morgan fingerprint density at radius 1 is 1.32 bits per heavy atom. The van der Waals surface area contributed by atoms with Crippen LogP contribution < -0.4 is 4.90 Å². The lowest BCUT2D eigenvalue weighted by molar-refractivity contribution is -0.384. The van der Waals surface area contributed by atoms with Crippen LogP contribution in [0.2, 0.25) is 0 Å². The SMILES string of the molecule is C=CCOC(=O)N1C2CCC1c1c(nc(-c3ccc([N+](=O)[O-])cc3)nc1N1CCOC[C@@H]1C)C2. The Labute approximate surface area is 197 Å². The molecule has 2 fully saturated rings. The van der Waals surface area contributed by atoms with Crippen molar-refractivity contribution in [3.05, 3.63) is 58.3 Å². The van der Waals surface area contributed by atoms with E-state index in [2.05, 4.69) is 18.4 Å². The fourth-order valence-electron chi connectivity index (χ4n) is 5.19. The van der Waals surface area contributed by atoms with Crippen molar-refractivity contribution in [1.29, 1.82) is 0 Å². The van der Waals surface area contributed by atoms with Crippen molar-refractivity contribution in [3.8, 4) is 11.4 Å². The second kappa shape index (κ2) is 9.02. The third kappa shape index (κ3) is 3.87. The maximum Gasteiger partial charge on any atom is 0.410 e. The van der Waals surface area contributed by atoms with E-state index in [0.29, 0.717) is 32.0 Å². The van der Waals surface area contributed by atoms with Crippen LogP contribution in [0.1, 0.15) is 37.1 Å². The van der Waals surface area contributed by atoms with E-state index in [0.717, 1.165) is 35.5 Å². The Bertz CT molecular complexity index is 1120. The Morgan fingerprint density at radius 2 is 2.12 bits per heavy atom. The average Bonchev–Trinajstić information content (AvgIpc) is 3.16. The highest BCUT2D eigenvalue weighted by atomic mass is 16.6. The molecule has 2 unspecified atom stereocenters. The number of non-ortho nitro benzene ring substituents is 1. The third-order valence-electron chi connectivity index (χ3n) is 6.78. The Kier molecular flexibility index (Phi) is 5.91. The Hall–Kier alpha value is -3.53. The second-order valence-electron chi connectivity index (χ2n) is 8.88. The standard InChI is InChI=1S/C24H27N5O5/c1-3-11-34-24(30)28-18-8-9-20(28)21-19(13-18)25-22(16-4-6-17(7-5-16)29(31)32)26-23(21)27-10-12-33-14-15(27)2/h3-7,15,18,20H,1,8-14H2,2H3/t15-,18?,20?/m0/s1. The number of fused-ring (bicyclic) bond motifs is 4. The van der Waals surface area contributed by atoms with Gasteiger partial charge >= 0.3 is 6.09 Å². The molecule has 2 saturated heterocycles. The molecule has 10 nitrogen and oxygen atoms in total. The predicted molar refractivity (Wildman–Crippen MR) is 125 cm³/mol. The molecule has 2 bridgehead atoms. The summed E-state index contributed by atoms with van der Waals surface area (Å²) in [6, 6.07) is 6.28. The monoisotopic (exact) mass is 465 g/mol. The van der Waals surface area contributed by atoms with Crippen molar-refractivity contribution < 1.29 is 19.2 Å². The molecule has 178 valence electrons. The number of amides is 1. The Morgan fingerprint density at radius 3 is 2.82 bits per heavy atom. The highest BCUT2D eigenvalue weighted by molar-refractivity contribution is 5.72. The summed E-state index contributed by atoms with van der Waals surface area (Å²) < 4.78 is 11.0. The minimum Gasteiger partial charge on any atom is -0.445 e. The van der Waals surface area contributed by atoms with E-state index in [1.54, 1.807) is 18.2 Å². The van der Waals surface area contributed by atoms with Crippen LogP contribution in [0.4, 0.5) is 16.3 Å². The van der Waals surface area contributed by atoms with Crippen LogP contribution in [0, 0.1) is 10.1 Å². The van der Waals surface area contributed by atoms with Gasteiger partial charge in [-0.15, -0.1) is 0 Å². The van der Waals surface area contributed by atoms with E-state index >= 15 is 0 Å². The van der Waals surface area contributed by atoms with Crippen LogP contribution in [0.3, 0.4) is 0 Å². The molecule has 2 aromatic rings. The summed E-state index contributed by atoms with van der Waals surface area (Å²) in [5, 5.41) is 11.1. The van der Waals surface area contributed by atoms with E-state index in [1.165, 1.54) is 12.1 Å². The van der Waals surface area contributed by atoms with Crippen molar-refractivity contribution in [2.24, 2.45) is 0 Å². The zero-order valence-corrected chi connectivity index (χ0v) is 19.1. The number of nitro groups is 1. The summed E-state index contributed by atoms with van der Waals surface area (Å²) in [6.45, 7) is 7.76. The van der Waals surface area contributed by atoms with Gasteiger partial charge in [-0.1, -0.05) is 12.7 Å². The fraction of sp³-hybridized carbons (Fsp3) is 0.458. The largest absolute Gasteiger partial charge is 0.445 e. The van der Waals surface area contributed by atoms with Gasteiger partial charge in [0, 0.05) is 42.3 Å². The van der Waals surface area contributed by atoms with Crippen LogP contribution in [0.5, 0.6) is 0 Å². The third-order valence-corrected chi connectivity index (χ3v) is 6.78. The second-order valence-corrected chi connectivity index (χ2v) is 8.88. The molecular weight excluding hydrogens is 438 g/mol. The van der Waals surface area contributed by atoms with Crippen molar-refractivity contribution in [1.82, 2.24) is 14.9 Å². The lowest BCUT2D eigenvalue weighted by Gasteiger charge is -2.40. The number of ether oxygens (including phenoxy) is 2. The number of hydrogen-bond donors (Lipinski definition) is 0. The first-order valence-electron chi connectivity index (χ1n) is 11.5. The molecule has 0 radical (unpaired) electrons. The van der Waals surface area contributed by atoms with Gasteiger partial charge in [0.1, 0.15) is 12.4 Å². The zero-order valence-electron chi connectivity index (χ0n) is 19.1. The molecule has 0 saturated carbocycles. The van der Waals surface area contributed by atoms with Gasteiger partial charge in [0.05, 0.1) is 35.9 Å². The number of hydrogen-bond acceptors (Lipinski definition) is 8. The summed E-state index contributed by atoms with van der Waals surface area (Å²) in [5.74, 6) is 1.34. The number of morpholine rings is 1. The van der Waals surface area contributed by atoms with Gasteiger partial charge in [0.15, 0.2) is 5.82 Å². The number of anilines is 1. The van der Waals surface area contributed by atoms with Crippen molar-refractivity contribution in [2.75, 3.05) is 31.3 Å². The topological polar surface area (TPSA) is 111 Å². The minimum atomic E-state index is -0.421. The molecule has 1 aromatic heterocycles. The lowest BCUT2D eigenvalue weighted by atomic mass is 9.97. The highest BCUT2D eigenvalue weighted by Gasteiger charge is 2.46. The van der Waals surface area contributed by atoms with Gasteiger partial charge < -0.3 is 14.4 Å². The molecule has 5 rings (SSSR count). The molecule has 3 atom stereocenters. The number of nitrogens with zero attached hydrogens (tertiary/aromatic N) is 5. The minimum absolute atomic E-state index is 0.0180. The summed E-state index contributed by atoms with van der Waals surface area (Å²) in [5.41, 5.74) is 2.65. The summed E-state index contributed by atoms with van der Waals surface area (Å²) in [4.78, 5) is 37.5. The zero-order chi connectivity index (χ0) is 23.8. The first-order valence-corrected chi connectivity index (χ1v) is 11.5. The fourth-order valence-corrected chi connectivity index (χ4v) is 5.19. The maximum atomic E-state index is 12.9. The van der Waals surface area contributed by atoms with Crippen molar-refractivity contribution in [3.63, 3.8) is 0 Å². The first kappa shape index (κ1) is 22.3. The smallest absolute Gasteiger partial charge is 0.410 e. The van der Waals surface area contributed by atoms with Crippen LogP contribution in [-0.4, -0.2) is 64.3 Å². The van der Waals surface area contributed by atoms with Crippen molar-refractivity contribution >= 4 is 17.6 Å². The number of benzene rings is 1. The molecule has 4 heterocycles. The quantitative estimate of drug-likeness (QED) is 0.374. The number of carbonyl (C=O) groups is 1. The molecule has 0 aliphatic carbocycles. The molecule has 34 heavy (non-hydrogen) atoms. The average molecular weight is 466 g/mol. The van der Waals surface area contributed by atoms with Gasteiger partial charge in [-0.3, -0.25) is 15.0 Å². The molecule has 0 spiro atoms. The van der Waals surface area contributed by atoms with Crippen molar-refractivity contribution in [2.45, 2.75) is 44.3 Å². The molecule has 3 aliphatic heterocycles. The number of carbonyl (C=O) groups excluding carboxylic acids is 1. The summed E-state index contributed by atoms with van der Waals surface area (Å²) in [6.07, 6.45) is 3.54. The maximum absolute atomic E-state index is 12.9. The molecular formula is C24H27N5O5.